The Labute approximate surface area is 99.9 Å². The number of rotatable bonds is 5. The molecule has 15 heavy (non-hydrogen) atoms. The predicted molar refractivity (Wildman–Crippen MR) is 67.4 cm³/mol. The van der Waals surface area contributed by atoms with Crippen LogP contribution in [0.2, 0.25) is 0 Å². The van der Waals surface area contributed by atoms with Crippen LogP contribution in [-0.4, -0.2) is 13.2 Å². The zero-order valence-corrected chi connectivity index (χ0v) is 10.9. The van der Waals surface area contributed by atoms with Gasteiger partial charge in [-0.3, -0.25) is 0 Å². The Kier molecular flexibility index (Phi) is 5.12. The highest BCUT2D eigenvalue weighted by Crippen LogP contribution is 2.31. The Balaban J connectivity index is 3.08. The van der Waals surface area contributed by atoms with E-state index in [0.717, 1.165) is 23.1 Å². The van der Waals surface area contributed by atoms with Crippen molar-refractivity contribution in [1.29, 1.82) is 0 Å². The smallest absolute Gasteiger partial charge is 0.123 e. The van der Waals surface area contributed by atoms with Crippen molar-refractivity contribution in [3.05, 3.63) is 27.7 Å². The molecular weight excluding hydrogens is 254 g/mol. The van der Waals surface area contributed by atoms with Gasteiger partial charge in [0, 0.05) is 10.0 Å². The van der Waals surface area contributed by atoms with Gasteiger partial charge < -0.3 is 10.5 Å². The number of ether oxygens (including phenoxy) is 1. The molecule has 0 aliphatic heterocycles. The van der Waals surface area contributed by atoms with E-state index < -0.39 is 0 Å². The Bertz CT molecular complexity index is 326. The molecule has 0 heterocycles. The molecule has 0 radical (unpaired) electrons. The van der Waals surface area contributed by atoms with E-state index in [0.29, 0.717) is 13.2 Å². The largest absolute Gasteiger partial charge is 0.494 e. The van der Waals surface area contributed by atoms with E-state index in [-0.39, 0.29) is 0 Å². The number of halogens is 1. The maximum Gasteiger partial charge on any atom is 0.123 e. The first-order valence-corrected chi connectivity index (χ1v) is 6.17. The summed E-state index contributed by atoms with van der Waals surface area (Å²) in [6, 6.07) is 4.12. The summed E-state index contributed by atoms with van der Waals surface area (Å²) in [5.41, 5.74) is 8.07. The molecule has 1 rings (SSSR count). The van der Waals surface area contributed by atoms with Gasteiger partial charge in [0.1, 0.15) is 5.75 Å². The van der Waals surface area contributed by atoms with Crippen molar-refractivity contribution < 1.29 is 4.74 Å². The molecule has 1 aromatic rings. The Morgan fingerprint density at radius 3 is 2.60 bits per heavy atom. The van der Waals surface area contributed by atoms with E-state index in [1.165, 1.54) is 11.1 Å². The molecule has 3 heteroatoms. The molecule has 1 aromatic carbocycles. The molecule has 0 aliphatic rings. The first kappa shape index (κ1) is 12.5. The SMILES string of the molecule is CCOc1ccc(CCN)c(Br)c1CC. The lowest BCUT2D eigenvalue weighted by molar-refractivity contribution is 0.336. The van der Waals surface area contributed by atoms with Crippen LogP contribution in [0.15, 0.2) is 16.6 Å². The maximum absolute atomic E-state index is 5.58. The highest BCUT2D eigenvalue weighted by Gasteiger charge is 2.09. The van der Waals surface area contributed by atoms with Crippen molar-refractivity contribution in [2.75, 3.05) is 13.2 Å². The number of nitrogens with two attached hydrogens (primary N) is 1. The summed E-state index contributed by atoms with van der Waals surface area (Å²) < 4.78 is 6.73. The molecule has 0 amide bonds. The normalized spacial score (nSPS) is 10.4. The number of hydrogen-bond donors (Lipinski definition) is 1. The molecule has 0 saturated carbocycles. The molecule has 84 valence electrons. The van der Waals surface area contributed by atoms with Crippen molar-refractivity contribution in [2.24, 2.45) is 5.73 Å². The summed E-state index contributed by atoms with van der Waals surface area (Å²) >= 11 is 3.63. The van der Waals surface area contributed by atoms with Crippen molar-refractivity contribution >= 4 is 15.9 Å². The lowest BCUT2D eigenvalue weighted by Crippen LogP contribution is -2.05. The monoisotopic (exact) mass is 271 g/mol. The van der Waals surface area contributed by atoms with Crippen molar-refractivity contribution in [3.63, 3.8) is 0 Å². The van der Waals surface area contributed by atoms with E-state index in [2.05, 4.69) is 28.9 Å². The lowest BCUT2D eigenvalue weighted by atomic mass is 10.1. The average molecular weight is 272 g/mol. The fourth-order valence-corrected chi connectivity index (χ4v) is 2.43. The fourth-order valence-electron chi connectivity index (χ4n) is 1.62. The Morgan fingerprint density at radius 2 is 2.07 bits per heavy atom. The summed E-state index contributed by atoms with van der Waals surface area (Å²) in [6.45, 7) is 5.52. The van der Waals surface area contributed by atoms with E-state index in [4.69, 9.17) is 10.5 Å². The van der Waals surface area contributed by atoms with Gasteiger partial charge >= 0.3 is 0 Å². The average Bonchev–Trinajstić information content (AvgIpc) is 2.23. The third-order valence-electron chi connectivity index (χ3n) is 2.35. The zero-order chi connectivity index (χ0) is 11.3. The molecule has 0 unspecified atom stereocenters. The first-order valence-electron chi connectivity index (χ1n) is 5.37. The molecule has 2 nitrogen and oxygen atoms in total. The highest BCUT2D eigenvalue weighted by atomic mass is 79.9. The van der Waals surface area contributed by atoms with Crippen LogP contribution in [0.1, 0.15) is 25.0 Å². The second-order valence-electron chi connectivity index (χ2n) is 3.34. The summed E-state index contributed by atoms with van der Waals surface area (Å²) in [7, 11) is 0. The molecule has 0 aliphatic carbocycles. The summed E-state index contributed by atoms with van der Waals surface area (Å²) in [5.74, 6) is 0.979. The number of benzene rings is 1. The van der Waals surface area contributed by atoms with Crippen LogP contribution in [0.3, 0.4) is 0 Å². The third-order valence-corrected chi connectivity index (χ3v) is 3.34. The minimum atomic E-state index is 0.676. The van der Waals surface area contributed by atoms with E-state index in [1.807, 2.05) is 13.0 Å². The minimum Gasteiger partial charge on any atom is -0.494 e. The van der Waals surface area contributed by atoms with Crippen LogP contribution >= 0.6 is 15.9 Å². The number of hydrogen-bond acceptors (Lipinski definition) is 2. The lowest BCUT2D eigenvalue weighted by Gasteiger charge is -2.13. The predicted octanol–water partition coefficient (Wildman–Crippen LogP) is 2.91. The van der Waals surface area contributed by atoms with Crippen molar-refractivity contribution in [1.82, 2.24) is 0 Å². The molecule has 0 fully saturated rings. The fraction of sp³-hybridized carbons (Fsp3) is 0.500. The van der Waals surface area contributed by atoms with Crippen LogP contribution in [-0.2, 0) is 12.8 Å². The van der Waals surface area contributed by atoms with E-state index in [1.54, 1.807) is 0 Å². The minimum absolute atomic E-state index is 0.676. The quantitative estimate of drug-likeness (QED) is 0.894. The van der Waals surface area contributed by atoms with Gasteiger partial charge in [-0.2, -0.15) is 0 Å². The van der Waals surface area contributed by atoms with Gasteiger partial charge in [0.25, 0.3) is 0 Å². The van der Waals surface area contributed by atoms with Crippen LogP contribution in [0.5, 0.6) is 5.75 Å². The topological polar surface area (TPSA) is 35.2 Å². The standard InChI is InChI=1S/C12H18BrNO/c1-3-10-11(15-4-2)6-5-9(7-8-14)12(10)13/h5-6H,3-4,7-8,14H2,1-2H3. The van der Waals surface area contributed by atoms with Crippen LogP contribution in [0.4, 0.5) is 0 Å². The maximum atomic E-state index is 5.58. The van der Waals surface area contributed by atoms with Gasteiger partial charge in [0.2, 0.25) is 0 Å². The van der Waals surface area contributed by atoms with E-state index in [9.17, 15) is 0 Å². The Morgan fingerprint density at radius 1 is 1.33 bits per heavy atom. The van der Waals surface area contributed by atoms with Gasteiger partial charge in [-0.25, -0.2) is 0 Å². The van der Waals surface area contributed by atoms with Gasteiger partial charge in [-0.1, -0.05) is 28.9 Å². The molecule has 0 bridgehead atoms. The van der Waals surface area contributed by atoms with Crippen molar-refractivity contribution in [3.8, 4) is 5.75 Å². The molecule has 2 N–H and O–H groups in total. The van der Waals surface area contributed by atoms with Crippen molar-refractivity contribution in [2.45, 2.75) is 26.7 Å². The summed E-state index contributed by atoms with van der Waals surface area (Å²) in [4.78, 5) is 0. The molecule has 0 saturated heterocycles. The van der Waals surface area contributed by atoms with Crippen LogP contribution in [0, 0.1) is 0 Å². The van der Waals surface area contributed by atoms with E-state index >= 15 is 0 Å². The molecule has 0 spiro atoms. The second-order valence-corrected chi connectivity index (χ2v) is 4.13. The van der Waals surface area contributed by atoms with Crippen LogP contribution < -0.4 is 10.5 Å². The van der Waals surface area contributed by atoms with Gasteiger partial charge in [0.15, 0.2) is 0 Å². The Hall–Kier alpha value is -0.540. The third kappa shape index (κ3) is 2.95. The van der Waals surface area contributed by atoms with Gasteiger partial charge in [-0.15, -0.1) is 0 Å². The highest BCUT2D eigenvalue weighted by molar-refractivity contribution is 9.10. The second kappa shape index (κ2) is 6.13. The van der Waals surface area contributed by atoms with Crippen LogP contribution in [0.25, 0.3) is 0 Å². The molecule has 0 atom stereocenters. The summed E-state index contributed by atoms with van der Waals surface area (Å²) in [6.07, 6.45) is 1.87. The molecule has 0 aromatic heterocycles. The zero-order valence-electron chi connectivity index (χ0n) is 9.35. The van der Waals surface area contributed by atoms with Gasteiger partial charge in [0.05, 0.1) is 6.61 Å². The molecular formula is C12H18BrNO. The van der Waals surface area contributed by atoms with Gasteiger partial charge in [-0.05, 0) is 37.9 Å². The summed E-state index contributed by atoms with van der Waals surface area (Å²) in [5, 5.41) is 0. The first-order chi connectivity index (χ1) is 7.24.